The summed E-state index contributed by atoms with van der Waals surface area (Å²) in [5.74, 6) is 1.10. The molecule has 0 aliphatic carbocycles. The van der Waals surface area contributed by atoms with E-state index in [4.69, 9.17) is 4.74 Å². The van der Waals surface area contributed by atoms with Crippen LogP contribution in [0.4, 0.5) is 0 Å². The SMILES string of the molecule is Cn1cc([C@@H]2NC(=O)CC[C@H]2NCc2ccc3c(c2)CC(C)(C)O3)cn1. The number of rotatable bonds is 4. The molecule has 2 N–H and O–H groups in total. The van der Waals surface area contributed by atoms with E-state index >= 15 is 0 Å². The van der Waals surface area contributed by atoms with Crippen molar-refractivity contribution in [2.45, 2.75) is 57.3 Å². The molecule has 0 radical (unpaired) electrons. The second-order valence-corrected chi connectivity index (χ2v) is 8.00. The van der Waals surface area contributed by atoms with E-state index in [1.54, 1.807) is 4.68 Å². The first-order chi connectivity index (χ1) is 12.4. The molecule has 3 heterocycles. The lowest BCUT2D eigenvalue weighted by Crippen LogP contribution is -2.48. The van der Waals surface area contributed by atoms with Crippen LogP contribution in [0.15, 0.2) is 30.6 Å². The van der Waals surface area contributed by atoms with Gasteiger partial charge in [-0.15, -0.1) is 0 Å². The summed E-state index contributed by atoms with van der Waals surface area (Å²) in [4.78, 5) is 11.9. The number of nitrogens with one attached hydrogen (secondary N) is 2. The Morgan fingerprint density at radius 3 is 3.04 bits per heavy atom. The Kier molecular flexibility index (Phi) is 4.23. The molecule has 1 aromatic carbocycles. The fraction of sp³-hybridized carbons (Fsp3) is 0.500. The van der Waals surface area contributed by atoms with Gasteiger partial charge in [-0.2, -0.15) is 5.10 Å². The van der Waals surface area contributed by atoms with Crippen LogP contribution in [-0.4, -0.2) is 27.3 Å². The Morgan fingerprint density at radius 2 is 2.27 bits per heavy atom. The standard InChI is InChI=1S/C20H26N4O2/c1-20(2)9-14-8-13(4-6-17(14)26-20)10-21-16-5-7-18(25)23-19(16)15-11-22-24(3)12-15/h4,6,8,11-12,16,19,21H,5,7,9-10H2,1-3H3,(H,23,25)/t16-,19+/m1/s1. The minimum Gasteiger partial charge on any atom is -0.487 e. The number of piperidine rings is 1. The molecule has 138 valence electrons. The first-order valence-electron chi connectivity index (χ1n) is 9.22. The van der Waals surface area contributed by atoms with Crippen molar-refractivity contribution >= 4 is 5.91 Å². The minimum atomic E-state index is -0.118. The number of fused-ring (bicyclic) bond motifs is 1. The topological polar surface area (TPSA) is 68.2 Å². The van der Waals surface area contributed by atoms with Gasteiger partial charge in [-0.3, -0.25) is 9.48 Å². The normalized spacial score (nSPS) is 24.0. The maximum atomic E-state index is 11.9. The Morgan fingerprint density at radius 1 is 1.42 bits per heavy atom. The van der Waals surface area contributed by atoms with Gasteiger partial charge in [0.25, 0.3) is 0 Å². The molecule has 4 rings (SSSR count). The van der Waals surface area contributed by atoms with E-state index in [-0.39, 0.29) is 23.6 Å². The molecule has 2 aliphatic heterocycles. The highest BCUT2D eigenvalue weighted by Gasteiger charge is 2.31. The molecule has 2 aromatic rings. The van der Waals surface area contributed by atoms with Gasteiger partial charge in [-0.1, -0.05) is 12.1 Å². The molecule has 0 spiro atoms. The van der Waals surface area contributed by atoms with Gasteiger partial charge < -0.3 is 15.4 Å². The molecule has 1 amide bonds. The van der Waals surface area contributed by atoms with Crippen LogP contribution in [0, 0.1) is 0 Å². The molecule has 0 bridgehead atoms. The molecule has 1 fully saturated rings. The fourth-order valence-electron chi connectivity index (χ4n) is 3.96. The summed E-state index contributed by atoms with van der Waals surface area (Å²) in [6.45, 7) is 5.01. The average Bonchev–Trinajstić information content (AvgIpc) is 3.14. The summed E-state index contributed by atoms with van der Waals surface area (Å²) in [5.41, 5.74) is 3.44. The van der Waals surface area contributed by atoms with Crippen LogP contribution < -0.4 is 15.4 Å². The smallest absolute Gasteiger partial charge is 0.220 e. The highest BCUT2D eigenvalue weighted by molar-refractivity contribution is 5.77. The first-order valence-corrected chi connectivity index (χ1v) is 9.22. The van der Waals surface area contributed by atoms with Crippen molar-refractivity contribution in [1.82, 2.24) is 20.4 Å². The molecule has 2 atom stereocenters. The predicted octanol–water partition coefficient (Wildman–Crippen LogP) is 2.24. The van der Waals surface area contributed by atoms with Gasteiger partial charge in [0.2, 0.25) is 5.91 Å². The summed E-state index contributed by atoms with van der Waals surface area (Å²) < 4.78 is 7.73. The second kappa shape index (κ2) is 6.43. The molecule has 6 nitrogen and oxygen atoms in total. The lowest BCUT2D eigenvalue weighted by Gasteiger charge is -2.32. The van der Waals surface area contributed by atoms with Crippen LogP contribution in [0.1, 0.15) is 49.4 Å². The summed E-state index contributed by atoms with van der Waals surface area (Å²) in [6, 6.07) is 6.58. The van der Waals surface area contributed by atoms with Crippen LogP contribution in [0.5, 0.6) is 5.75 Å². The van der Waals surface area contributed by atoms with E-state index in [0.717, 1.165) is 30.7 Å². The maximum absolute atomic E-state index is 11.9. The molecule has 2 aliphatic rings. The minimum absolute atomic E-state index is 0.0401. The van der Waals surface area contributed by atoms with Crippen LogP contribution in [0.25, 0.3) is 0 Å². The lowest BCUT2D eigenvalue weighted by atomic mass is 9.93. The van der Waals surface area contributed by atoms with Crippen molar-refractivity contribution in [1.29, 1.82) is 0 Å². The Bertz CT molecular complexity index is 827. The molecule has 26 heavy (non-hydrogen) atoms. The number of carbonyl (C=O) groups is 1. The molecular weight excluding hydrogens is 328 g/mol. The van der Waals surface area contributed by atoms with Gasteiger partial charge >= 0.3 is 0 Å². The van der Waals surface area contributed by atoms with E-state index in [1.165, 1.54) is 11.1 Å². The Labute approximate surface area is 153 Å². The highest BCUT2D eigenvalue weighted by Crippen LogP contribution is 2.35. The predicted molar refractivity (Wildman–Crippen MR) is 98.8 cm³/mol. The molecule has 6 heteroatoms. The zero-order valence-corrected chi connectivity index (χ0v) is 15.6. The zero-order valence-electron chi connectivity index (χ0n) is 15.6. The monoisotopic (exact) mass is 354 g/mol. The third-order valence-electron chi connectivity index (χ3n) is 5.18. The number of aryl methyl sites for hydroxylation is 1. The third kappa shape index (κ3) is 3.46. The van der Waals surface area contributed by atoms with Gasteiger partial charge in [-0.25, -0.2) is 0 Å². The molecule has 1 saturated heterocycles. The number of hydrogen-bond donors (Lipinski definition) is 2. The molecule has 0 unspecified atom stereocenters. The zero-order chi connectivity index (χ0) is 18.3. The van der Waals surface area contributed by atoms with Crippen molar-refractivity contribution in [3.63, 3.8) is 0 Å². The summed E-state index contributed by atoms with van der Waals surface area (Å²) in [5, 5.41) is 11.0. The Hall–Kier alpha value is -2.34. The van der Waals surface area contributed by atoms with Gasteiger partial charge in [0.15, 0.2) is 0 Å². The molecular formula is C20H26N4O2. The summed E-state index contributed by atoms with van der Waals surface area (Å²) in [6.07, 6.45) is 6.13. The first kappa shape index (κ1) is 17.1. The van der Waals surface area contributed by atoms with Gasteiger partial charge in [0.05, 0.1) is 12.2 Å². The van der Waals surface area contributed by atoms with Crippen molar-refractivity contribution < 1.29 is 9.53 Å². The van der Waals surface area contributed by atoms with Crippen LogP contribution in [0.2, 0.25) is 0 Å². The summed E-state index contributed by atoms with van der Waals surface area (Å²) in [7, 11) is 1.89. The largest absolute Gasteiger partial charge is 0.487 e. The quantitative estimate of drug-likeness (QED) is 0.884. The maximum Gasteiger partial charge on any atom is 0.220 e. The third-order valence-corrected chi connectivity index (χ3v) is 5.18. The van der Waals surface area contributed by atoms with Crippen LogP contribution in [0.3, 0.4) is 0 Å². The number of ether oxygens (including phenoxy) is 1. The van der Waals surface area contributed by atoms with Crippen molar-refractivity contribution in [2.75, 3.05) is 0 Å². The van der Waals surface area contributed by atoms with Crippen molar-refractivity contribution in [2.24, 2.45) is 7.05 Å². The van der Waals surface area contributed by atoms with Gasteiger partial charge in [0.1, 0.15) is 11.4 Å². The number of hydrogen-bond acceptors (Lipinski definition) is 4. The number of amides is 1. The molecule has 1 aromatic heterocycles. The number of aromatic nitrogens is 2. The number of carbonyl (C=O) groups excluding carboxylic acids is 1. The van der Waals surface area contributed by atoms with Crippen molar-refractivity contribution in [3.8, 4) is 5.75 Å². The summed E-state index contributed by atoms with van der Waals surface area (Å²) >= 11 is 0. The number of benzene rings is 1. The molecule has 0 saturated carbocycles. The van der Waals surface area contributed by atoms with Crippen LogP contribution >= 0.6 is 0 Å². The van der Waals surface area contributed by atoms with E-state index in [0.29, 0.717) is 6.42 Å². The second-order valence-electron chi connectivity index (χ2n) is 8.00. The Balaban J connectivity index is 1.46. The van der Waals surface area contributed by atoms with Gasteiger partial charge in [-0.05, 0) is 37.5 Å². The van der Waals surface area contributed by atoms with E-state index in [2.05, 4.69) is 47.8 Å². The van der Waals surface area contributed by atoms with E-state index in [9.17, 15) is 4.79 Å². The fourth-order valence-corrected chi connectivity index (χ4v) is 3.96. The van der Waals surface area contributed by atoms with Crippen molar-refractivity contribution in [3.05, 3.63) is 47.3 Å². The van der Waals surface area contributed by atoms with E-state index in [1.807, 2.05) is 19.4 Å². The highest BCUT2D eigenvalue weighted by atomic mass is 16.5. The van der Waals surface area contributed by atoms with Crippen LogP contribution in [-0.2, 0) is 24.8 Å². The van der Waals surface area contributed by atoms with Gasteiger partial charge in [0, 0.05) is 44.2 Å². The average molecular weight is 354 g/mol. The number of nitrogens with zero attached hydrogens (tertiary/aromatic N) is 2. The lowest BCUT2D eigenvalue weighted by molar-refractivity contribution is -0.123. The van der Waals surface area contributed by atoms with E-state index < -0.39 is 0 Å².